The summed E-state index contributed by atoms with van der Waals surface area (Å²) in [5.74, 6) is 5.77. The van der Waals surface area contributed by atoms with Crippen molar-refractivity contribution in [2.24, 2.45) is 40.9 Å². The maximum Gasteiger partial charge on any atom is 0.434 e. The van der Waals surface area contributed by atoms with E-state index in [9.17, 15) is 18.4 Å². The van der Waals surface area contributed by atoms with Gasteiger partial charge in [0, 0.05) is 55.2 Å². The van der Waals surface area contributed by atoms with Crippen LogP contribution in [0.4, 0.5) is 19.0 Å². The van der Waals surface area contributed by atoms with Crippen molar-refractivity contribution in [1.29, 1.82) is 5.26 Å². The van der Waals surface area contributed by atoms with Crippen LogP contribution in [-0.4, -0.2) is 61.1 Å². The molecule has 46 heavy (non-hydrogen) atoms. The van der Waals surface area contributed by atoms with Crippen LogP contribution in [-0.2, 0) is 24.6 Å². The molecule has 13 heteroatoms. The van der Waals surface area contributed by atoms with Gasteiger partial charge in [-0.3, -0.25) is 4.90 Å². The molecular weight excluding hydrogens is 595 g/mol. The van der Waals surface area contributed by atoms with Gasteiger partial charge in [-0.2, -0.15) is 18.4 Å². The summed E-state index contributed by atoms with van der Waals surface area (Å²) in [5.41, 5.74) is 2.97. The molecule has 7 aliphatic carbocycles. The predicted octanol–water partition coefficient (Wildman–Crippen LogP) is 4.60. The van der Waals surface area contributed by atoms with E-state index in [1.54, 1.807) is 18.0 Å². The summed E-state index contributed by atoms with van der Waals surface area (Å²) < 4.78 is 48.6. The van der Waals surface area contributed by atoms with Gasteiger partial charge in [-0.05, 0) is 67.6 Å². The average molecular weight is 630 g/mol. The highest BCUT2D eigenvalue weighted by molar-refractivity contribution is 5.69. The minimum atomic E-state index is -4.44. The molecule has 4 heterocycles. The molecule has 1 aliphatic heterocycles. The van der Waals surface area contributed by atoms with E-state index >= 15 is 0 Å². The second kappa shape index (κ2) is 8.56. The summed E-state index contributed by atoms with van der Waals surface area (Å²) in [4.78, 5) is 25.6. The van der Waals surface area contributed by atoms with Crippen LogP contribution in [0.1, 0.15) is 67.1 Å². The Morgan fingerprint density at radius 2 is 1.83 bits per heavy atom. The number of nitriles is 1. The molecule has 7 fully saturated rings. The molecule has 3 aromatic heterocycles. The number of hydrogen-bond donors (Lipinski definition) is 1. The Kier molecular flexibility index (Phi) is 5.09. The lowest BCUT2D eigenvalue weighted by atomic mass is 8.92. The maximum atomic E-state index is 13.7. The molecule has 7 saturated carbocycles. The minimum absolute atomic E-state index is 0.0670. The summed E-state index contributed by atoms with van der Waals surface area (Å²) >= 11 is 0. The zero-order valence-corrected chi connectivity index (χ0v) is 25.8. The van der Waals surface area contributed by atoms with E-state index in [1.807, 2.05) is 13.8 Å². The zero-order chi connectivity index (χ0) is 31.5. The second-order valence-electron chi connectivity index (χ2n) is 14.9. The Bertz CT molecular complexity index is 1820. The Morgan fingerprint density at radius 3 is 2.46 bits per heavy atom. The SMILES string of the molecule is COc1ncnc(C2CC2)c1-c1nc2c(c(NCC34C5C6C3C3C4C5C63c3nc(C(F)(F)F)cn3C(C)C)n1)CN(CC#N)CC2. The van der Waals surface area contributed by atoms with Crippen molar-refractivity contribution in [3.8, 4) is 23.3 Å². The van der Waals surface area contributed by atoms with E-state index in [1.165, 1.54) is 6.20 Å². The highest BCUT2D eigenvalue weighted by atomic mass is 19.4. The fourth-order valence-corrected chi connectivity index (χ4v) is 11.4. The monoisotopic (exact) mass is 629 g/mol. The van der Waals surface area contributed by atoms with Gasteiger partial charge in [0.1, 0.15) is 23.5 Å². The van der Waals surface area contributed by atoms with Crippen molar-refractivity contribution < 1.29 is 17.9 Å². The van der Waals surface area contributed by atoms with Crippen LogP contribution in [0, 0.1) is 52.3 Å². The molecule has 0 unspecified atom stereocenters. The lowest BCUT2D eigenvalue weighted by Crippen LogP contribution is -3.12. The van der Waals surface area contributed by atoms with E-state index < -0.39 is 11.9 Å². The number of rotatable bonds is 9. The van der Waals surface area contributed by atoms with Crippen LogP contribution in [0.2, 0.25) is 0 Å². The van der Waals surface area contributed by atoms with Gasteiger partial charge in [0.05, 0.1) is 31.1 Å². The number of imidazole rings is 1. The van der Waals surface area contributed by atoms with Crippen LogP contribution < -0.4 is 10.1 Å². The van der Waals surface area contributed by atoms with Crippen molar-refractivity contribution in [1.82, 2.24) is 34.4 Å². The molecule has 0 amide bonds. The molecule has 1 N–H and O–H groups in total. The molecule has 0 saturated heterocycles. The molecule has 0 atom stereocenters. The fraction of sp³-hybridized carbons (Fsp3) is 0.636. The zero-order valence-electron chi connectivity index (χ0n) is 25.8. The third-order valence-electron chi connectivity index (χ3n) is 13.0. The Morgan fingerprint density at radius 1 is 1.09 bits per heavy atom. The molecule has 8 aliphatic rings. The van der Waals surface area contributed by atoms with E-state index in [2.05, 4.69) is 31.2 Å². The van der Waals surface area contributed by atoms with E-state index in [-0.39, 0.29) is 16.9 Å². The van der Waals surface area contributed by atoms with Crippen LogP contribution in [0.25, 0.3) is 11.4 Å². The van der Waals surface area contributed by atoms with Crippen LogP contribution in [0.5, 0.6) is 5.88 Å². The number of nitrogens with one attached hydrogen (secondary N) is 1. The van der Waals surface area contributed by atoms with Gasteiger partial charge in [0.2, 0.25) is 5.88 Å². The number of alkyl halides is 3. The maximum absolute atomic E-state index is 13.7. The number of ether oxygens (including phenoxy) is 1. The lowest BCUT2D eigenvalue weighted by Gasteiger charge is -3.11. The summed E-state index contributed by atoms with van der Waals surface area (Å²) in [5, 5.41) is 13.2. The third-order valence-corrected chi connectivity index (χ3v) is 13.0. The average Bonchev–Trinajstić information content (AvgIpc) is 3.79. The Hall–Kier alpha value is -3.79. The first-order chi connectivity index (χ1) is 22.2. The number of nitrogens with zero attached hydrogens (tertiary/aromatic N) is 8. The summed E-state index contributed by atoms with van der Waals surface area (Å²) in [6.45, 7) is 6.37. The van der Waals surface area contributed by atoms with E-state index in [4.69, 9.17) is 14.7 Å². The smallest absolute Gasteiger partial charge is 0.434 e. The molecule has 10 nitrogen and oxygen atoms in total. The summed E-state index contributed by atoms with van der Waals surface area (Å²) in [6.07, 6.45) is 1.19. The molecule has 0 aromatic carbocycles. The lowest BCUT2D eigenvalue weighted by molar-refractivity contribution is -0.626. The largest absolute Gasteiger partial charge is 0.480 e. The topological polar surface area (TPSA) is 118 Å². The number of methoxy groups -OCH3 is 1. The number of anilines is 1. The van der Waals surface area contributed by atoms with Gasteiger partial charge in [0.25, 0.3) is 0 Å². The van der Waals surface area contributed by atoms with Gasteiger partial charge in [0.15, 0.2) is 11.5 Å². The van der Waals surface area contributed by atoms with Crippen molar-refractivity contribution >= 4 is 5.82 Å². The van der Waals surface area contributed by atoms with Gasteiger partial charge < -0.3 is 14.6 Å². The van der Waals surface area contributed by atoms with Crippen molar-refractivity contribution in [2.75, 3.05) is 32.1 Å². The van der Waals surface area contributed by atoms with Crippen molar-refractivity contribution in [3.63, 3.8) is 0 Å². The van der Waals surface area contributed by atoms with E-state index in [0.29, 0.717) is 78.5 Å². The third kappa shape index (κ3) is 2.93. The van der Waals surface area contributed by atoms with E-state index in [0.717, 1.165) is 54.3 Å². The van der Waals surface area contributed by atoms with Gasteiger partial charge in [-0.15, -0.1) is 0 Å². The van der Waals surface area contributed by atoms with Gasteiger partial charge >= 0.3 is 6.18 Å². The second-order valence-corrected chi connectivity index (χ2v) is 14.9. The molecule has 0 radical (unpaired) electrons. The van der Waals surface area contributed by atoms with Crippen molar-refractivity contribution in [2.45, 2.75) is 63.2 Å². The van der Waals surface area contributed by atoms with Crippen LogP contribution >= 0.6 is 0 Å². The first-order valence-corrected chi connectivity index (χ1v) is 16.4. The quantitative estimate of drug-likeness (QED) is 0.339. The van der Waals surface area contributed by atoms with Gasteiger partial charge in [-0.1, -0.05) is 0 Å². The Balaban J connectivity index is 0.962. The van der Waals surface area contributed by atoms with Crippen LogP contribution in [0.3, 0.4) is 0 Å². The molecule has 238 valence electrons. The number of aromatic nitrogens is 6. The van der Waals surface area contributed by atoms with Gasteiger partial charge in [-0.25, -0.2) is 24.9 Å². The number of hydrogen-bond acceptors (Lipinski definition) is 9. The molecule has 3 aromatic rings. The standard InChI is InChI=1S/C33H34F3N9O/c1-14(2)45-11-18(33(34,35)36)42-30(45)32-23-20-24(32)22-25(32)21(23)31(20,22)12-38-27-16-10-44(9-7-37)8-6-17(16)41-28(43-27)19-26(15-4-5-15)39-13-40-29(19)46-3/h11,13-15,20-25H,4-6,8-10,12H2,1-3H3,(H,38,41,43). The number of halogens is 3. The summed E-state index contributed by atoms with van der Waals surface area (Å²) in [7, 11) is 1.61. The minimum Gasteiger partial charge on any atom is -0.480 e. The highest BCUT2D eigenvalue weighted by Crippen LogP contribution is 3.09. The normalized spacial score (nSPS) is 35.5. The first-order valence-electron chi connectivity index (χ1n) is 16.4. The highest BCUT2D eigenvalue weighted by Gasteiger charge is 3.10. The molecule has 11 rings (SSSR count). The first kappa shape index (κ1) is 27.3. The van der Waals surface area contributed by atoms with Crippen LogP contribution in [0.15, 0.2) is 12.5 Å². The summed E-state index contributed by atoms with van der Waals surface area (Å²) in [6, 6.07) is 2.21. The molecular formula is C33H34F3N9O. The Labute approximate surface area is 263 Å². The molecule has 0 bridgehead atoms. The molecule has 0 spiro atoms. The van der Waals surface area contributed by atoms with Crippen molar-refractivity contribution in [3.05, 3.63) is 41.0 Å². The fourth-order valence-electron chi connectivity index (χ4n) is 11.4. The predicted molar refractivity (Wildman–Crippen MR) is 157 cm³/mol. The number of fused-ring (bicyclic) bond motifs is 1.